The summed E-state index contributed by atoms with van der Waals surface area (Å²) in [6.07, 6.45) is 0.375. The molecule has 0 aromatic heterocycles. The molecule has 0 saturated carbocycles. The molecule has 1 aliphatic rings. The molecule has 28 heavy (non-hydrogen) atoms. The number of rotatable bonds is 8. The molecule has 0 radical (unpaired) electrons. The van der Waals surface area contributed by atoms with Crippen LogP contribution in [0.5, 0.6) is 0 Å². The van der Waals surface area contributed by atoms with Crippen molar-refractivity contribution in [2.45, 2.75) is 64.3 Å². The predicted octanol–water partition coefficient (Wildman–Crippen LogP) is 5.28. The van der Waals surface area contributed by atoms with E-state index in [0.717, 1.165) is 12.0 Å². The molecule has 0 bridgehead atoms. The topological polar surface area (TPSA) is 36.9 Å². The Morgan fingerprint density at radius 3 is 2.00 bits per heavy atom. The zero-order valence-corrected chi connectivity index (χ0v) is 17.4. The summed E-state index contributed by atoms with van der Waals surface area (Å²) in [5, 5.41) is 0. The van der Waals surface area contributed by atoms with Crippen LogP contribution in [0, 0.1) is 0 Å². The van der Waals surface area contributed by atoms with Gasteiger partial charge in [0.1, 0.15) is 6.10 Å². The summed E-state index contributed by atoms with van der Waals surface area (Å²) in [5.41, 5.74) is 1.56. The highest BCUT2D eigenvalue weighted by atomic mass is 16.7. The molecule has 2 aromatic rings. The Morgan fingerprint density at radius 2 is 1.39 bits per heavy atom. The molecule has 3 rings (SSSR count). The quantitative estimate of drug-likeness (QED) is 0.620. The van der Waals surface area contributed by atoms with E-state index in [2.05, 4.69) is 39.8 Å². The minimum absolute atomic E-state index is 0.0834. The summed E-state index contributed by atoms with van der Waals surface area (Å²) in [6.45, 7) is 10.1. The first-order valence-electron chi connectivity index (χ1n) is 9.97. The molecule has 4 nitrogen and oxygen atoms in total. The normalized spacial score (nSPS) is 20.9. The van der Waals surface area contributed by atoms with Gasteiger partial charge in [0.25, 0.3) is 0 Å². The van der Waals surface area contributed by atoms with Gasteiger partial charge < -0.3 is 18.9 Å². The summed E-state index contributed by atoms with van der Waals surface area (Å²) < 4.78 is 24.3. The summed E-state index contributed by atoms with van der Waals surface area (Å²) in [6, 6.07) is 20.2. The van der Waals surface area contributed by atoms with Crippen molar-refractivity contribution in [1.82, 2.24) is 0 Å². The standard InChI is InChI=1S/C24H32O4/c1-23(2,27-15-19-11-7-5-8-12-19)18-24(3,4)28-21-16-25-22(26-17-21)20-13-9-6-10-14-20/h5-14,21-22H,15-18H2,1-4H3. The predicted molar refractivity (Wildman–Crippen MR) is 110 cm³/mol. The van der Waals surface area contributed by atoms with Crippen LogP contribution < -0.4 is 0 Å². The Balaban J connectivity index is 1.46. The number of hydrogen-bond acceptors (Lipinski definition) is 4. The van der Waals surface area contributed by atoms with Crippen LogP contribution in [0.25, 0.3) is 0 Å². The second-order valence-corrected chi connectivity index (χ2v) is 8.62. The van der Waals surface area contributed by atoms with Crippen molar-refractivity contribution in [3.8, 4) is 0 Å². The van der Waals surface area contributed by atoms with Crippen molar-refractivity contribution in [3.05, 3.63) is 71.8 Å². The maximum atomic E-state index is 6.32. The maximum Gasteiger partial charge on any atom is 0.184 e. The smallest absolute Gasteiger partial charge is 0.184 e. The van der Waals surface area contributed by atoms with Gasteiger partial charge in [-0.3, -0.25) is 0 Å². The molecule has 1 saturated heterocycles. The van der Waals surface area contributed by atoms with Crippen LogP contribution in [0.4, 0.5) is 0 Å². The molecule has 0 spiro atoms. The first-order valence-corrected chi connectivity index (χ1v) is 9.97. The second kappa shape index (κ2) is 9.19. The maximum absolute atomic E-state index is 6.32. The van der Waals surface area contributed by atoms with E-state index < -0.39 is 0 Å². The van der Waals surface area contributed by atoms with Crippen molar-refractivity contribution in [1.29, 1.82) is 0 Å². The fourth-order valence-corrected chi connectivity index (χ4v) is 3.78. The third-order valence-corrected chi connectivity index (χ3v) is 4.75. The Labute approximate surface area is 168 Å². The third-order valence-electron chi connectivity index (χ3n) is 4.75. The molecule has 0 unspecified atom stereocenters. The van der Waals surface area contributed by atoms with Gasteiger partial charge in [-0.1, -0.05) is 60.7 Å². The van der Waals surface area contributed by atoms with Crippen LogP contribution in [-0.2, 0) is 25.6 Å². The zero-order chi connectivity index (χ0) is 20.0. The van der Waals surface area contributed by atoms with Gasteiger partial charge in [0.15, 0.2) is 6.29 Å². The minimum atomic E-state index is -0.350. The number of ether oxygens (including phenoxy) is 4. The van der Waals surface area contributed by atoms with Gasteiger partial charge in [0.2, 0.25) is 0 Å². The van der Waals surface area contributed by atoms with Crippen LogP contribution in [0.15, 0.2) is 60.7 Å². The molecule has 0 amide bonds. The lowest BCUT2D eigenvalue weighted by Gasteiger charge is -2.39. The van der Waals surface area contributed by atoms with Gasteiger partial charge in [-0.2, -0.15) is 0 Å². The fraction of sp³-hybridized carbons (Fsp3) is 0.500. The highest BCUT2D eigenvalue weighted by molar-refractivity contribution is 5.16. The SMILES string of the molecule is CC(C)(CC(C)(C)OC1COC(c2ccccc2)OC1)OCc1ccccc1. The first kappa shape index (κ1) is 21.0. The second-order valence-electron chi connectivity index (χ2n) is 8.62. The van der Waals surface area contributed by atoms with E-state index in [4.69, 9.17) is 18.9 Å². The Bertz CT molecular complexity index is 704. The van der Waals surface area contributed by atoms with E-state index in [0.29, 0.717) is 19.8 Å². The molecule has 0 N–H and O–H groups in total. The largest absolute Gasteiger partial charge is 0.371 e. The Hall–Kier alpha value is -1.72. The molecule has 2 aromatic carbocycles. The van der Waals surface area contributed by atoms with E-state index in [1.165, 1.54) is 5.56 Å². The molecular weight excluding hydrogens is 352 g/mol. The van der Waals surface area contributed by atoms with Crippen molar-refractivity contribution < 1.29 is 18.9 Å². The summed E-state index contributed by atoms with van der Waals surface area (Å²) in [7, 11) is 0. The monoisotopic (exact) mass is 384 g/mol. The molecule has 0 atom stereocenters. The molecule has 1 heterocycles. The van der Waals surface area contributed by atoms with Gasteiger partial charge in [0, 0.05) is 12.0 Å². The van der Waals surface area contributed by atoms with Crippen molar-refractivity contribution in [3.63, 3.8) is 0 Å². The van der Waals surface area contributed by atoms with Gasteiger partial charge in [0.05, 0.1) is 31.0 Å². The van der Waals surface area contributed by atoms with E-state index in [1.54, 1.807) is 0 Å². The molecule has 1 fully saturated rings. The van der Waals surface area contributed by atoms with Crippen molar-refractivity contribution in [2.75, 3.05) is 13.2 Å². The first-order chi connectivity index (χ1) is 13.3. The minimum Gasteiger partial charge on any atom is -0.371 e. The zero-order valence-electron chi connectivity index (χ0n) is 17.4. The van der Waals surface area contributed by atoms with Gasteiger partial charge >= 0.3 is 0 Å². The average Bonchev–Trinajstić information content (AvgIpc) is 2.67. The van der Waals surface area contributed by atoms with Crippen LogP contribution in [0.3, 0.4) is 0 Å². The Morgan fingerprint density at radius 1 is 0.821 bits per heavy atom. The lowest BCUT2D eigenvalue weighted by Crippen LogP contribution is -2.44. The summed E-state index contributed by atoms with van der Waals surface area (Å²) >= 11 is 0. The summed E-state index contributed by atoms with van der Waals surface area (Å²) in [5.74, 6) is 0. The molecular formula is C24H32O4. The van der Waals surface area contributed by atoms with E-state index in [-0.39, 0.29) is 23.6 Å². The molecule has 0 aliphatic carbocycles. The van der Waals surface area contributed by atoms with Crippen molar-refractivity contribution >= 4 is 0 Å². The Kier molecular flexibility index (Phi) is 6.89. The summed E-state index contributed by atoms with van der Waals surface area (Å²) in [4.78, 5) is 0. The highest BCUT2D eigenvalue weighted by Gasteiger charge is 2.34. The van der Waals surface area contributed by atoms with Crippen molar-refractivity contribution in [2.24, 2.45) is 0 Å². The third kappa shape index (κ3) is 6.42. The van der Waals surface area contributed by atoms with E-state index in [9.17, 15) is 0 Å². The number of hydrogen-bond donors (Lipinski definition) is 0. The van der Waals surface area contributed by atoms with Gasteiger partial charge in [-0.05, 0) is 33.3 Å². The molecule has 4 heteroatoms. The van der Waals surface area contributed by atoms with Gasteiger partial charge in [-0.25, -0.2) is 0 Å². The van der Waals surface area contributed by atoms with E-state index in [1.807, 2.05) is 48.5 Å². The lowest BCUT2D eigenvalue weighted by molar-refractivity contribution is -0.253. The average molecular weight is 385 g/mol. The lowest BCUT2D eigenvalue weighted by atomic mass is 9.91. The van der Waals surface area contributed by atoms with Crippen LogP contribution >= 0.6 is 0 Å². The molecule has 152 valence electrons. The molecule has 1 aliphatic heterocycles. The van der Waals surface area contributed by atoms with Crippen LogP contribution in [0.1, 0.15) is 51.5 Å². The number of benzene rings is 2. The van der Waals surface area contributed by atoms with E-state index >= 15 is 0 Å². The van der Waals surface area contributed by atoms with Crippen LogP contribution in [0.2, 0.25) is 0 Å². The van der Waals surface area contributed by atoms with Crippen LogP contribution in [-0.4, -0.2) is 30.5 Å². The highest BCUT2D eigenvalue weighted by Crippen LogP contribution is 2.31. The fourth-order valence-electron chi connectivity index (χ4n) is 3.78. The van der Waals surface area contributed by atoms with Gasteiger partial charge in [-0.15, -0.1) is 0 Å².